The summed E-state index contributed by atoms with van der Waals surface area (Å²) in [5, 5.41) is 5.69. The molecule has 2 aromatic rings. The van der Waals surface area contributed by atoms with Gasteiger partial charge in [0.05, 0.1) is 22.8 Å². The van der Waals surface area contributed by atoms with Crippen LogP contribution in [0.15, 0.2) is 18.2 Å². The summed E-state index contributed by atoms with van der Waals surface area (Å²) in [6.07, 6.45) is 2.34. The van der Waals surface area contributed by atoms with Gasteiger partial charge >= 0.3 is 0 Å². The first-order valence-electron chi connectivity index (χ1n) is 8.42. The average molecular weight is 381 g/mol. The highest BCUT2D eigenvalue weighted by atomic mass is 35.5. The summed E-state index contributed by atoms with van der Waals surface area (Å²) in [4.78, 5) is 14.6. The van der Waals surface area contributed by atoms with Gasteiger partial charge in [0.2, 0.25) is 5.91 Å². The van der Waals surface area contributed by atoms with Crippen LogP contribution < -0.4 is 5.73 Å². The third-order valence-electron chi connectivity index (χ3n) is 4.88. The van der Waals surface area contributed by atoms with Crippen molar-refractivity contribution in [1.29, 1.82) is 0 Å². The van der Waals surface area contributed by atoms with E-state index < -0.39 is 0 Å². The first-order chi connectivity index (χ1) is 11.9. The van der Waals surface area contributed by atoms with Gasteiger partial charge in [-0.05, 0) is 44.9 Å². The fraction of sp³-hybridized carbons (Fsp3) is 0.444. The Kier molecular flexibility index (Phi) is 5.37. The molecule has 0 saturated carbocycles. The van der Waals surface area contributed by atoms with Crippen molar-refractivity contribution < 1.29 is 4.79 Å². The topological polar surface area (TPSA) is 64.2 Å². The van der Waals surface area contributed by atoms with Crippen LogP contribution in [0.5, 0.6) is 0 Å². The zero-order valence-electron chi connectivity index (χ0n) is 14.4. The molecule has 1 aromatic carbocycles. The minimum atomic E-state index is 0.112. The molecule has 1 fully saturated rings. The second-order valence-corrected chi connectivity index (χ2v) is 7.30. The number of nitrogens with two attached hydrogens (primary N) is 1. The highest BCUT2D eigenvalue weighted by molar-refractivity contribution is 6.35. The zero-order valence-corrected chi connectivity index (χ0v) is 15.9. The molecule has 3 rings (SSSR count). The molecule has 1 aliphatic heterocycles. The summed E-state index contributed by atoms with van der Waals surface area (Å²) in [6, 6.07) is 5.46. The Labute approximate surface area is 157 Å². The van der Waals surface area contributed by atoms with Crippen LogP contribution >= 0.6 is 23.2 Å². The van der Waals surface area contributed by atoms with Gasteiger partial charge in [-0.2, -0.15) is 5.10 Å². The highest BCUT2D eigenvalue weighted by Crippen LogP contribution is 2.27. The van der Waals surface area contributed by atoms with E-state index >= 15 is 0 Å². The van der Waals surface area contributed by atoms with Crippen molar-refractivity contribution in [2.24, 2.45) is 5.73 Å². The number of hydrogen-bond acceptors (Lipinski definition) is 3. The monoisotopic (exact) mass is 380 g/mol. The predicted molar refractivity (Wildman–Crippen MR) is 101 cm³/mol. The molecule has 25 heavy (non-hydrogen) atoms. The molecular formula is C18H22Cl2N4O. The van der Waals surface area contributed by atoms with Gasteiger partial charge in [-0.25, -0.2) is 4.68 Å². The van der Waals surface area contributed by atoms with E-state index in [1.807, 2.05) is 24.8 Å². The van der Waals surface area contributed by atoms with Crippen LogP contribution in [0.25, 0.3) is 5.69 Å². The molecule has 7 heteroatoms. The number of benzene rings is 1. The standard InChI is InChI=1S/C18H22Cl2N4O/c1-11-15(9-18(25)23-7-3-4-14(23)10-21)12(2)24(22-11)17-6-5-13(19)8-16(17)20/h5-6,8,14H,3-4,7,9-10,21H2,1-2H3. The lowest BCUT2D eigenvalue weighted by molar-refractivity contribution is -0.131. The van der Waals surface area contributed by atoms with Crippen LogP contribution in [-0.2, 0) is 11.2 Å². The van der Waals surface area contributed by atoms with Gasteiger partial charge in [-0.1, -0.05) is 23.2 Å². The van der Waals surface area contributed by atoms with Crippen LogP contribution in [0.2, 0.25) is 10.0 Å². The van der Waals surface area contributed by atoms with Crippen molar-refractivity contribution in [3.63, 3.8) is 0 Å². The average Bonchev–Trinajstić information content (AvgIpc) is 3.15. The maximum Gasteiger partial charge on any atom is 0.227 e. The molecule has 0 aliphatic carbocycles. The number of rotatable bonds is 4. The van der Waals surface area contributed by atoms with Crippen molar-refractivity contribution in [2.75, 3.05) is 13.1 Å². The van der Waals surface area contributed by atoms with Crippen molar-refractivity contribution in [1.82, 2.24) is 14.7 Å². The number of halogens is 2. The van der Waals surface area contributed by atoms with E-state index in [0.717, 1.165) is 42.0 Å². The minimum absolute atomic E-state index is 0.112. The molecule has 1 aromatic heterocycles. The van der Waals surface area contributed by atoms with Crippen LogP contribution in [-0.4, -0.2) is 39.7 Å². The molecule has 2 heterocycles. The maximum atomic E-state index is 12.7. The number of amides is 1. The minimum Gasteiger partial charge on any atom is -0.338 e. The Bertz CT molecular complexity index is 803. The van der Waals surface area contributed by atoms with E-state index in [1.54, 1.807) is 16.8 Å². The van der Waals surface area contributed by atoms with E-state index in [4.69, 9.17) is 28.9 Å². The summed E-state index contributed by atoms with van der Waals surface area (Å²) < 4.78 is 1.78. The van der Waals surface area contributed by atoms with E-state index in [0.29, 0.717) is 23.0 Å². The lowest BCUT2D eigenvalue weighted by atomic mass is 10.1. The molecule has 2 N–H and O–H groups in total. The summed E-state index contributed by atoms with van der Waals surface area (Å²) >= 11 is 12.3. The molecule has 5 nitrogen and oxygen atoms in total. The van der Waals surface area contributed by atoms with Crippen molar-refractivity contribution in [3.05, 3.63) is 45.2 Å². The van der Waals surface area contributed by atoms with Gasteiger partial charge in [0.1, 0.15) is 0 Å². The molecule has 1 saturated heterocycles. The van der Waals surface area contributed by atoms with Crippen LogP contribution in [0, 0.1) is 13.8 Å². The smallest absolute Gasteiger partial charge is 0.227 e. The number of likely N-dealkylation sites (tertiary alicyclic amines) is 1. The number of aromatic nitrogens is 2. The van der Waals surface area contributed by atoms with E-state index in [1.165, 1.54) is 0 Å². The Morgan fingerprint density at radius 1 is 1.36 bits per heavy atom. The van der Waals surface area contributed by atoms with Gasteiger partial charge < -0.3 is 10.6 Å². The lowest BCUT2D eigenvalue weighted by Crippen LogP contribution is -2.40. The maximum absolute atomic E-state index is 12.7. The third-order valence-corrected chi connectivity index (χ3v) is 5.41. The van der Waals surface area contributed by atoms with E-state index in [9.17, 15) is 4.79 Å². The first kappa shape index (κ1) is 18.2. The van der Waals surface area contributed by atoms with Crippen LogP contribution in [0.1, 0.15) is 29.8 Å². The molecule has 1 unspecified atom stereocenters. The number of carbonyl (C=O) groups excluding carboxylic acids is 1. The zero-order chi connectivity index (χ0) is 18.1. The molecule has 0 radical (unpaired) electrons. The lowest BCUT2D eigenvalue weighted by Gasteiger charge is -2.23. The SMILES string of the molecule is Cc1nn(-c2ccc(Cl)cc2Cl)c(C)c1CC(=O)N1CCCC1CN. The quantitative estimate of drug-likeness (QED) is 0.884. The van der Waals surface area contributed by atoms with Crippen molar-refractivity contribution in [3.8, 4) is 5.69 Å². The largest absolute Gasteiger partial charge is 0.338 e. The predicted octanol–water partition coefficient (Wildman–Crippen LogP) is 3.29. The van der Waals surface area contributed by atoms with Crippen LogP contribution in [0.3, 0.4) is 0 Å². The highest BCUT2D eigenvalue weighted by Gasteiger charge is 2.28. The summed E-state index contributed by atoms with van der Waals surface area (Å²) in [6.45, 7) is 5.18. The summed E-state index contributed by atoms with van der Waals surface area (Å²) in [5.41, 5.74) is 9.24. The Morgan fingerprint density at radius 3 is 2.80 bits per heavy atom. The fourth-order valence-corrected chi connectivity index (χ4v) is 3.97. The number of nitrogens with zero attached hydrogens (tertiary/aromatic N) is 3. The summed E-state index contributed by atoms with van der Waals surface area (Å²) in [5.74, 6) is 0.112. The second-order valence-electron chi connectivity index (χ2n) is 6.45. The van der Waals surface area contributed by atoms with Crippen molar-refractivity contribution >= 4 is 29.1 Å². The first-order valence-corrected chi connectivity index (χ1v) is 9.18. The van der Waals surface area contributed by atoms with Gasteiger partial charge in [0, 0.05) is 35.4 Å². The summed E-state index contributed by atoms with van der Waals surface area (Å²) in [7, 11) is 0. The number of hydrogen-bond donors (Lipinski definition) is 1. The van der Waals surface area contributed by atoms with Crippen LogP contribution in [0.4, 0.5) is 0 Å². The molecule has 0 spiro atoms. The third kappa shape index (κ3) is 3.54. The second kappa shape index (κ2) is 7.36. The number of aryl methyl sites for hydroxylation is 1. The van der Waals surface area contributed by atoms with E-state index in [-0.39, 0.29) is 11.9 Å². The molecule has 0 bridgehead atoms. The Balaban J connectivity index is 1.88. The van der Waals surface area contributed by atoms with Gasteiger partial charge in [-0.3, -0.25) is 4.79 Å². The molecular weight excluding hydrogens is 359 g/mol. The fourth-order valence-electron chi connectivity index (χ4n) is 3.48. The Morgan fingerprint density at radius 2 is 2.12 bits per heavy atom. The van der Waals surface area contributed by atoms with Crippen molar-refractivity contribution in [2.45, 2.75) is 39.2 Å². The molecule has 134 valence electrons. The van der Waals surface area contributed by atoms with Gasteiger partial charge in [0.15, 0.2) is 0 Å². The van der Waals surface area contributed by atoms with Gasteiger partial charge in [0.25, 0.3) is 0 Å². The van der Waals surface area contributed by atoms with E-state index in [2.05, 4.69) is 5.10 Å². The number of carbonyl (C=O) groups is 1. The molecule has 1 atom stereocenters. The Hall–Kier alpha value is -1.56. The molecule has 1 amide bonds. The van der Waals surface area contributed by atoms with Gasteiger partial charge in [-0.15, -0.1) is 0 Å². The molecule has 1 aliphatic rings. The normalized spacial score (nSPS) is 17.3.